The first kappa shape index (κ1) is 12.3. The van der Waals surface area contributed by atoms with Gasteiger partial charge in [-0.25, -0.2) is 4.79 Å². The molecular formula is C13H14O5. The van der Waals surface area contributed by atoms with Crippen molar-refractivity contribution in [1.29, 1.82) is 0 Å². The zero-order valence-electron chi connectivity index (χ0n) is 10.4. The van der Waals surface area contributed by atoms with Gasteiger partial charge in [0.2, 0.25) is 5.75 Å². The summed E-state index contributed by atoms with van der Waals surface area (Å²) in [7, 11) is 1.50. The van der Waals surface area contributed by atoms with Crippen molar-refractivity contribution in [2.75, 3.05) is 7.11 Å². The fourth-order valence-corrected chi connectivity index (χ4v) is 1.70. The molecule has 2 rings (SSSR count). The number of rotatable bonds is 3. The lowest BCUT2D eigenvalue weighted by Gasteiger charge is -2.14. The Morgan fingerprint density at radius 1 is 1.33 bits per heavy atom. The predicted octanol–water partition coefficient (Wildman–Crippen LogP) is 2.29. The highest BCUT2D eigenvalue weighted by atomic mass is 16.5. The molecule has 5 nitrogen and oxygen atoms in total. The van der Waals surface area contributed by atoms with Crippen LogP contribution in [0, 0.1) is 0 Å². The van der Waals surface area contributed by atoms with E-state index in [-0.39, 0.29) is 11.9 Å². The minimum Gasteiger partial charge on any atom is -0.499 e. The highest BCUT2D eigenvalue weighted by Crippen LogP contribution is 2.38. The Balaban J connectivity index is 2.85. The van der Waals surface area contributed by atoms with E-state index in [0.29, 0.717) is 16.7 Å². The van der Waals surface area contributed by atoms with Crippen molar-refractivity contribution in [3.8, 4) is 17.2 Å². The van der Waals surface area contributed by atoms with E-state index in [0.717, 1.165) is 0 Å². The van der Waals surface area contributed by atoms with E-state index in [1.807, 2.05) is 0 Å². The molecule has 0 aliphatic heterocycles. The minimum absolute atomic E-state index is 0.0914. The molecule has 2 aromatic rings. The molecule has 1 aromatic carbocycles. The maximum Gasteiger partial charge on any atom is 0.382 e. The SMILES string of the molecule is COc1cccc2oc(=O)c(O)c(OC(C)C)c12. The summed E-state index contributed by atoms with van der Waals surface area (Å²) in [5.41, 5.74) is -0.515. The Kier molecular flexibility index (Phi) is 3.14. The molecule has 1 heterocycles. The van der Waals surface area contributed by atoms with Crippen molar-refractivity contribution >= 4 is 11.0 Å². The van der Waals surface area contributed by atoms with E-state index < -0.39 is 11.4 Å². The van der Waals surface area contributed by atoms with Crippen LogP contribution in [-0.2, 0) is 0 Å². The highest BCUT2D eigenvalue weighted by molar-refractivity contribution is 5.91. The third-order valence-electron chi connectivity index (χ3n) is 2.40. The van der Waals surface area contributed by atoms with E-state index >= 15 is 0 Å². The molecule has 96 valence electrons. The minimum atomic E-state index is -0.827. The van der Waals surface area contributed by atoms with Gasteiger partial charge < -0.3 is 19.0 Å². The molecule has 0 fully saturated rings. The van der Waals surface area contributed by atoms with E-state index in [9.17, 15) is 9.90 Å². The summed E-state index contributed by atoms with van der Waals surface area (Å²) in [6.07, 6.45) is -0.189. The van der Waals surface area contributed by atoms with Crippen molar-refractivity contribution in [2.45, 2.75) is 20.0 Å². The van der Waals surface area contributed by atoms with Gasteiger partial charge in [-0.05, 0) is 26.0 Å². The number of fused-ring (bicyclic) bond motifs is 1. The fraction of sp³-hybridized carbons (Fsp3) is 0.308. The molecule has 0 aliphatic rings. The van der Waals surface area contributed by atoms with Crippen LogP contribution in [0.1, 0.15) is 13.8 Å². The second-order valence-electron chi connectivity index (χ2n) is 4.07. The molecule has 0 radical (unpaired) electrons. The van der Waals surface area contributed by atoms with Crippen LogP contribution in [-0.4, -0.2) is 18.3 Å². The van der Waals surface area contributed by atoms with Crippen LogP contribution in [0.4, 0.5) is 0 Å². The van der Waals surface area contributed by atoms with Crippen molar-refractivity contribution in [1.82, 2.24) is 0 Å². The molecule has 0 amide bonds. The van der Waals surface area contributed by atoms with Crippen molar-refractivity contribution in [3.05, 3.63) is 28.6 Å². The summed E-state index contributed by atoms with van der Waals surface area (Å²) in [5, 5.41) is 10.2. The van der Waals surface area contributed by atoms with Crippen molar-refractivity contribution in [2.24, 2.45) is 0 Å². The molecule has 0 spiro atoms. The summed E-state index contributed by atoms with van der Waals surface area (Å²) in [6.45, 7) is 3.60. The second-order valence-corrected chi connectivity index (χ2v) is 4.07. The number of hydrogen-bond donors (Lipinski definition) is 1. The van der Waals surface area contributed by atoms with Gasteiger partial charge in [-0.3, -0.25) is 0 Å². The fourth-order valence-electron chi connectivity index (χ4n) is 1.70. The average molecular weight is 250 g/mol. The van der Waals surface area contributed by atoms with Crippen LogP contribution in [0.25, 0.3) is 11.0 Å². The van der Waals surface area contributed by atoms with Crippen molar-refractivity contribution < 1.29 is 19.0 Å². The Morgan fingerprint density at radius 2 is 2.06 bits per heavy atom. The maximum atomic E-state index is 11.5. The summed E-state index contributed by atoms with van der Waals surface area (Å²) < 4.78 is 15.7. The van der Waals surface area contributed by atoms with Crippen LogP contribution < -0.4 is 15.1 Å². The monoisotopic (exact) mass is 250 g/mol. The standard InChI is InChI=1S/C13H14O5/c1-7(2)17-12-10-8(16-3)5-4-6-9(10)18-13(15)11(12)14/h4-7,14H,1-3H3. The largest absolute Gasteiger partial charge is 0.499 e. The van der Waals surface area contributed by atoms with Crippen LogP contribution in [0.2, 0.25) is 0 Å². The number of methoxy groups -OCH3 is 1. The summed E-state index contributed by atoms with van der Waals surface area (Å²) in [4.78, 5) is 11.5. The predicted molar refractivity (Wildman–Crippen MR) is 66.5 cm³/mol. The van der Waals surface area contributed by atoms with E-state index in [1.54, 1.807) is 32.0 Å². The first-order valence-electron chi connectivity index (χ1n) is 5.54. The topological polar surface area (TPSA) is 68.9 Å². The summed E-state index contributed by atoms with van der Waals surface area (Å²) in [5.74, 6) is 0.0246. The van der Waals surface area contributed by atoms with Gasteiger partial charge in [0.25, 0.3) is 0 Å². The number of aromatic hydroxyl groups is 1. The van der Waals surface area contributed by atoms with Gasteiger partial charge in [0.15, 0.2) is 5.75 Å². The quantitative estimate of drug-likeness (QED) is 0.846. The Hall–Kier alpha value is -2.17. The molecule has 1 N–H and O–H groups in total. The van der Waals surface area contributed by atoms with Crippen LogP contribution >= 0.6 is 0 Å². The van der Waals surface area contributed by atoms with Crippen LogP contribution in [0.15, 0.2) is 27.4 Å². The average Bonchev–Trinajstić information content (AvgIpc) is 2.33. The molecule has 1 aromatic heterocycles. The molecular weight excluding hydrogens is 236 g/mol. The lowest BCUT2D eigenvalue weighted by atomic mass is 10.2. The van der Waals surface area contributed by atoms with Gasteiger partial charge in [0.05, 0.1) is 13.2 Å². The van der Waals surface area contributed by atoms with Gasteiger partial charge in [0.1, 0.15) is 16.7 Å². The molecule has 0 saturated heterocycles. The zero-order valence-corrected chi connectivity index (χ0v) is 10.4. The van der Waals surface area contributed by atoms with Crippen LogP contribution in [0.5, 0.6) is 17.2 Å². The molecule has 18 heavy (non-hydrogen) atoms. The molecule has 0 saturated carbocycles. The van der Waals surface area contributed by atoms with Crippen LogP contribution in [0.3, 0.4) is 0 Å². The van der Waals surface area contributed by atoms with Gasteiger partial charge in [-0.2, -0.15) is 0 Å². The maximum absolute atomic E-state index is 11.5. The second kappa shape index (κ2) is 4.60. The first-order valence-corrected chi connectivity index (χ1v) is 5.54. The van der Waals surface area contributed by atoms with Crippen molar-refractivity contribution in [3.63, 3.8) is 0 Å². The smallest absolute Gasteiger partial charge is 0.382 e. The van der Waals surface area contributed by atoms with Gasteiger partial charge in [-0.15, -0.1) is 0 Å². The van der Waals surface area contributed by atoms with Gasteiger partial charge in [-0.1, -0.05) is 6.07 Å². The van der Waals surface area contributed by atoms with E-state index in [1.165, 1.54) is 7.11 Å². The van der Waals surface area contributed by atoms with Gasteiger partial charge >= 0.3 is 5.63 Å². The summed E-state index contributed by atoms with van der Waals surface area (Å²) in [6, 6.07) is 5.02. The van der Waals surface area contributed by atoms with E-state index in [2.05, 4.69) is 0 Å². The zero-order chi connectivity index (χ0) is 13.3. The van der Waals surface area contributed by atoms with E-state index in [4.69, 9.17) is 13.9 Å². The van der Waals surface area contributed by atoms with Gasteiger partial charge in [0, 0.05) is 0 Å². The molecule has 0 unspecified atom stereocenters. The first-order chi connectivity index (χ1) is 8.54. The lowest BCUT2D eigenvalue weighted by molar-refractivity contribution is 0.230. The Labute approximate surface area is 104 Å². The number of ether oxygens (including phenoxy) is 2. The number of hydrogen-bond acceptors (Lipinski definition) is 5. The summed E-state index contributed by atoms with van der Waals surface area (Å²) >= 11 is 0. The molecule has 0 bridgehead atoms. The Morgan fingerprint density at radius 3 is 2.67 bits per heavy atom. The third-order valence-corrected chi connectivity index (χ3v) is 2.40. The number of benzene rings is 1. The highest BCUT2D eigenvalue weighted by Gasteiger charge is 2.19. The third kappa shape index (κ3) is 1.99. The molecule has 0 aliphatic carbocycles. The Bertz CT molecular complexity index is 627. The lowest BCUT2D eigenvalue weighted by Crippen LogP contribution is -2.10. The molecule has 0 atom stereocenters. The molecule has 5 heteroatoms. The normalized spacial score (nSPS) is 10.9.